The van der Waals surface area contributed by atoms with Crippen LogP contribution in [0.25, 0.3) is 0 Å². The van der Waals surface area contributed by atoms with E-state index in [-0.39, 0.29) is 0 Å². The largest absolute Gasteiger partial charge is 0.497 e. The van der Waals surface area contributed by atoms with Crippen LogP contribution in [0.3, 0.4) is 0 Å². The standard InChI is InChI=1S/C21H25Cl2NO4/c1-14-9-16(11-18(23)10-14)13-24(21(25)28-15(2)22)8-7-17-12-19(26-3)5-6-20(17)27-4/h5-6,9-12,15H,7-8,13H2,1-4H3. The number of hydrogen-bond acceptors (Lipinski definition) is 4. The molecule has 28 heavy (non-hydrogen) atoms. The first-order chi connectivity index (χ1) is 13.3. The third-order valence-electron chi connectivity index (χ3n) is 4.14. The molecule has 2 aromatic carbocycles. The van der Waals surface area contributed by atoms with Crippen LogP contribution in [-0.2, 0) is 17.7 Å². The van der Waals surface area contributed by atoms with Gasteiger partial charge in [-0.15, -0.1) is 0 Å². The zero-order valence-electron chi connectivity index (χ0n) is 16.5. The van der Waals surface area contributed by atoms with Gasteiger partial charge in [-0.3, -0.25) is 0 Å². The second-order valence-electron chi connectivity index (χ2n) is 6.41. The van der Waals surface area contributed by atoms with Crippen molar-refractivity contribution in [2.75, 3.05) is 20.8 Å². The van der Waals surface area contributed by atoms with E-state index in [9.17, 15) is 4.79 Å². The Kier molecular flexibility index (Phi) is 8.27. The van der Waals surface area contributed by atoms with Gasteiger partial charge in [-0.2, -0.15) is 0 Å². The van der Waals surface area contributed by atoms with Crippen LogP contribution >= 0.6 is 23.2 Å². The van der Waals surface area contributed by atoms with E-state index in [1.807, 2.05) is 43.3 Å². The van der Waals surface area contributed by atoms with Gasteiger partial charge in [-0.05, 0) is 67.3 Å². The average molecular weight is 426 g/mol. The molecule has 152 valence electrons. The lowest BCUT2D eigenvalue weighted by Gasteiger charge is -2.24. The number of amides is 1. The van der Waals surface area contributed by atoms with Gasteiger partial charge in [0.15, 0.2) is 5.56 Å². The lowest BCUT2D eigenvalue weighted by Crippen LogP contribution is -2.34. The Morgan fingerprint density at radius 1 is 1.14 bits per heavy atom. The molecule has 0 aromatic heterocycles. The van der Waals surface area contributed by atoms with Crippen molar-refractivity contribution in [3.05, 3.63) is 58.1 Å². The number of hydrogen-bond donors (Lipinski definition) is 0. The van der Waals surface area contributed by atoms with E-state index < -0.39 is 11.7 Å². The average Bonchev–Trinajstić information content (AvgIpc) is 2.63. The normalized spacial score (nSPS) is 11.6. The van der Waals surface area contributed by atoms with E-state index in [4.69, 9.17) is 37.4 Å². The van der Waals surface area contributed by atoms with Crippen LogP contribution in [-0.4, -0.2) is 37.3 Å². The Morgan fingerprint density at radius 3 is 2.50 bits per heavy atom. The molecule has 0 saturated carbocycles. The number of alkyl halides is 1. The maximum absolute atomic E-state index is 12.6. The summed E-state index contributed by atoms with van der Waals surface area (Å²) in [6, 6.07) is 11.3. The zero-order valence-corrected chi connectivity index (χ0v) is 18.0. The number of rotatable bonds is 8. The lowest BCUT2D eigenvalue weighted by atomic mass is 10.1. The first-order valence-electron chi connectivity index (χ1n) is 8.89. The molecule has 2 aromatic rings. The van der Waals surface area contributed by atoms with Gasteiger partial charge in [0.25, 0.3) is 0 Å². The molecule has 0 saturated heterocycles. The molecular weight excluding hydrogens is 401 g/mol. The molecule has 0 aliphatic heterocycles. The molecule has 0 bridgehead atoms. The van der Waals surface area contributed by atoms with Crippen molar-refractivity contribution in [1.82, 2.24) is 4.90 Å². The highest BCUT2D eigenvalue weighted by molar-refractivity contribution is 6.30. The Morgan fingerprint density at radius 2 is 1.89 bits per heavy atom. The van der Waals surface area contributed by atoms with Crippen LogP contribution < -0.4 is 9.47 Å². The van der Waals surface area contributed by atoms with E-state index in [0.717, 1.165) is 28.2 Å². The second kappa shape index (κ2) is 10.4. The molecular formula is C21H25Cl2NO4. The highest BCUT2D eigenvalue weighted by atomic mass is 35.5. The Bertz CT molecular complexity index is 791. The summed E-state index contributed by atoms with van der Waals surface area (Å²) in [5.74, 6) is 1.46. The van der Waals surface area contributed by atoms with E-state index in [1.54, 1.807) is 26.0 Å². The van der Waals surface area contributed by atoms with Gasteiger partial charge in [0.05, 0.1) is 14.2 Å². The van der Waals surface area contributed by atoms with Gasteiger partial charge in [0.2, 0.25) is 0 Å². The van der Waals surface area contributed by atoms with Crippen LogP contribution in [0.1, 0.15) is 23.6 Å². The minimum absolute atomic E-state index is 0.357. The highest BCUT2D eigenvalue weighted by Crippen LogP contribution is 2.25. The molecule has 1 amide bonds. The number of methoxy groups -OCH3 is 2. The topological polar surface area (TPSA) is 48.0 Å². The molecule has 0 radical (unpaired) electrons. The zero-order chi connectivity index (χ0) is 20.7. The number of benzene rings is 2. The minimum atomic E-state index is -0.720. The van der Waals surface area contributed by atoms with Crippen molar-refractivity contribution in [3.8, 4) is 11.5 Å². The van der Waals surface area contributed by atoms with E-state index in [1.165, 1.54) is 0 Å². The fourth-order valence-corrected chi connectivity index (χ4v) is 3.29. The molecule has 0 N–H and O–H groups in total. The number of nitrogens with zero attached hydrogens (tertiary/aromatic N) is 1. The summed E-state index contributed by atoms with van der Waals surface area (Å²) in [4.78, 5) is 14.2. The second-order valence-corrected chi connectivity index (χ2v) is 7.46. The quantitative estimate of drug-likeness (QED) is 0.528. The SMILES string of the molecule is COc1ccc(OC)c(CCN(Cc2cc(C)cc(Cl)c2)C(=O)OC(C)Cl)c1. The van der Waals surface area contributed by atoms with E-state index in [0.29, 0.717) is 24.5 Å². The number of ether oxygens (including phenoxy) is 3. The van der Waals surface area contributed by atoms with Gasteiger partial charge in [-0.1, -0.05) is 29.3 Å². The molecule has 0 aliphatic carbocycles. The first kappa shape index (κ1) is 22.2. The maximum Gasteiger partial charge on any atom is 0.411 e. The van der Waals surface area contributed by atoms with Gasteiger partial charge >= 0.3 is 6.09 Å². The fourth-order valence-electron chi connectivity index (χ4n) is 2.90. The predicted octanol–water partition coefficient (Wildman–Crippen LogP) is 5.43. The third-order valence-corrected chi connectivity index (χ3v) is 4.44. The summed E-state index contributed by atoms with van der Waals surface area (Å²) in [7, 11) is 3.22. The monoisotopic (exact) mass is 425 g/mol. The van der Waals surface area contributed by atoms with Crippen molar-refractivity contribution in [3.63, 3.8) is 0 Å². The van der Waals surface area contributed by atoms with Crippen LogP contribution in [0.2, 0.25) is 5.02 Å². The third kappa shape index (κ3) is 6.50. The number of aryl methyl sites for hydroxylation is 1. The molecule has 0 heterocycles. The number of carbonyl (C=O) groups excluding carboxylic acids is 1. The first-order valence-corrected chi connectivity index (χ1v) is 9.70. The molecule has 7 heteroatoms. The fraction of sp³-hybridized carbons (Fsp3) is 0.381. The van der Waals surface area contributed by atoms with Crippen molar-refractivity contribution in [2.24, 2.45) is 0 Å². The summed E-state index contributed by atoms with van der Waals surface area (Å²) in [5, 5.41) is 0.628. The molecule has 5 nitrogen and oxygen atoms in total. The van der Waals surface area contributed by atoms with Crippen LogP contribution in [0.5, 0.6) is 11.5 Å². The summed E-state index contributed by atoms with van der Waals surface area (Å²) in [6.45, 7) is 4.33. The Hall–Kier alpha value is -2.11. The summed E-state index contributed by atoms with van der Waals surface area (Å²) >= 11 is 12.0. The molecule has 1 atom stereocenters. The maximum atomic E-state index is 12.6. The molecule has 1 unspecified atom stereocenters. The van der Waals surface area contributed by atoms with Gasteiger partial charge in [0.1, 0.15) is 11.5 Å². The van der Waals surface area contributed by atoms with E-state index >= 15 is 0 Å². The van der Waals surface area contributed by atoms with Crippen LogP contribution in [0, 0.1) is 6.92 Å². The van der Waals surface area contributed by atoms with Gasteiger partial charge in [-0.25, -0.2) is 4.79 Å². The van der Waals surface area contributed by atoms with Crippen molar-refractivity contribution < 1.29 is 19.0 Å². The van der Waals surface area contributed by atoms with Crippen molar-refractivity contribution >= 4 is 29.3 Å². The lowest BCUT2D eigenvalue weighted by molar-refractivity contribution is 0.0935. The Labute approximate surface area is 176 Å². The molecule has 0 spiro atoms. The van der Waals surface area contributed by atoms with Crippen molar-refractivity contribution in [1.29, 1.82) is 0 Å². The molecule has 2 rings (SSSR count). The number of carbonyl (C=O) groups is 1. The predicted molar refractivity (Wildman–Crippen MR) is 112 cm³/mol. The minimum Gasteiger partial charge on any atom is -0.497 e. The highest BCUT2D eigenvalue weighted by Gasteiger charge is 2.19. The van der Waals surface area contributed by atoms with E-state index in [2.05, 4.69) is 0 Å². The summed E-state index contributed by atoms with van der Waals surface area (Å²) in [6.07, 6.45) is 0.0769. The molecule has 0 aliphatic rings. The Balaban J connectivity index is 2.21. The van der Waals surface area contributed by atoms with Gasteiger partial charge < -0.3 is 19.1 Å². The summed E-state index contributed by atoms with van der Waals surface area (Å²) in [5.41, 5.74) is 2.15. The van der Waals surface area contributed by atoms with Crippen LogP contribution in [0.4, 0.5) is 4.79 Å². The van der Waals surface area contributed by atoms with Gasteiger partial charge in [0, 0.05) is 18.1 Å². The van der Waals surface area contributed by atoms with Crippen LogP contribution in [0.15, 0.2) is 36.4 Å². The number of halogens is 2. The van der Waals surface area contributed by atoms with Crippen molar-refractivity contribution in [2.45, 2.75) is 32.4 Å². The summed E-state index contributed by atoms with van der Waals surface area (Å²) < 4.78 is 15.9. The molecule has 0 fully saturated rings. The smallest absolute Gasteiger partial charge is 0.411 e.